The first-order chi connectivity index (χ1) is 9.14. The predicted octanol–water partition coefficient (Wildman–Crippen LogP) is 0.542. The Morgan fingerprint density at radius 2 is 1.85 bits per heavy atom. The Kier molecular flexibility index (Phi) is 3.47. The number of rotatable bonds is 2. The second kappa shape index (κ2) is 4.71. The summed E-state index contributed by atoms with van der Waals surface area (Å²) in [6.07, 6.45) is 0.596. The average Bonchev–Trinajstić information content (AvgIpc) is 2.50. The number of ether oxygens (including phenoxy) is 1. The van der Waals surface area contributed by atoms with E-state index in [0.29, 0.717) is 11.0 Å². The van der Waals surface area contributed by atoms with Crippen molar-refractivity contribution < 1.29 is 18.8 Å². The summed E-state index contributed by atoms with van der Waals surface area (Å²) in [6, 6.07) is 0. The number of primary amides is 1. The summed E-state index contributed by atoms with van der Waals surface area (Å²) < 4.78 is 16.7. The van der Waals surface area contributed by atoms with Crippen LogP contribution in [0.1, 0.15) is 33.3 Å². The molecular formula is C12H18BN3O4. The monoisotopic (exact) mass is 279 g/mol. The van der Waals surface area contributed by atoms with E-state index in [1.165, 1.54) is 6.20 Å². The van der Waals surface area contributed by atoms with Crippen LogP contribution in [-0.4, -0.2) is 34.6 Å². The Morgan fingerprint density at radius 1 is 1.30 bits per heavy atom. The summed E-state index contributed by atoms with van der Waals surface area (Å²) in [5.41, 5.74) is 5.34. The second-order valence-corrected chi connectivity index (χ2v) is 5.74. The molecule has 0 radical (unpaired) electrons. The van der Waals surface area contributed by atoms with Gasteiger partial charge in [0.15, 0.2) is 0 Å². The van der Waals surface area contributed by atoms with Gasteiger partial charge >= 0.3 is 13.2 Å². The second-order valence-electron chi connectivity index (χ2n) is 5.74. The van der Waals surface area contributed by atoms with Crippen LogP contribution >= 0.6 is 0 Å². The summed E-state index contributed by atoms with van der Waals surface area (Å²) in [7, 11) is -0.592. The molecule has 1 amide bonds. The van der Waals surface area contributed by atoms with Crippen LogP contribution in [0.15, 0.2) is 6.20 Å². The normalized spacial score (nSPS) is 19.9. The van der Waals surface area contributed by atoms with Gasteiger partial charge in [0.05, 0.1) is 11.2 Å². The zero-order valence-electron chi connectivity index (χ0n) is 12.3. The molecule has 1 aliphatic heterocycles. The SMILES string of the molecule is Cc1c(B2OC(C)(C)C(C)(C)O2)cnnc1OC(N)=O. The van der Waals surface area contributed by atoms with E-state index in [1.807, 2.05) is 27.7 Å². The van der Waals surface area contributed by atoms with E-state index >= 15 is 0 Å². The minimum Gasteiger partial charge on any atom is -0.399 e. The summed E-state index contributed by atoms with van der Waals surface area (Å²) in [5, 5.41) is 7.53. The van der Waals surface area contributed by atoms with E-state index in [4.69, 9.17) is 19.8 Å². The first-order valence-electron chi connectivity index (χ1n) is 6.29. The first kappa shape index (κ1) is 14.7. The quantitative estimate of drug-likeness (QED) is 0.794. The minimum absolute atomic E-state index is 0.0599. The molecular weight excluding hydrogens is 261 g/mol. The van der Waals surface area contributed by atoms with Gasteiger partial charge in [-0.1, -0.05) is 0 Å². The zero-order chi connectivity index (χ0) is 15.1. The number of nitrogens with zero attached hydrogens (tertiary/aromatic N) is 2. The van der Waals surface area contributed by atoms with Gasteiger partial charge in [-0.25, -0.2) is 4.79 Å². The minimum atomic E-state index is -0.937. The lowest BCUT2D eigenvalue weighted by Crippen LogP contribution is -2.41. The van der Waals surface area contributed by atoms with Crippen molar-refractivity contribution in [2.75, 3.05) is 0 Å². The molecule has 0 aromatic carbocycles. The molecule has 1 aromatic heterocycles. The molecule has 0 bridgehead atoms. The molecule has 0 spiro atoms. The van der Waals surface area contributed by atoms with Crippen molar-refractivity contribution in [2.24, 2.45) is 5.73 Å². The summed E-state index contributed by atoms with van der Waals surface area (Å²) >= 11 is 0. The third kappa shape index (κ3) is 2.48. The van der Waals surface area contributed by atoms with E-state index in [1.54, 1.807) is 6.92 Å². The summed E-state index contributed by atoms with van der Waals surface area (Å²) in [5.74, 6) is 0.0599. The molecule has 8 heteroatoms. The van der Waals surface area contributed by atoms with Crippen LogP contribution < -0.4 is 15.9 Å². The van der Waals surface area contributed by atoms with Gasteiger partial charge in [0.25, 0.3) is 0 Å². The number of hydrogen-bond acceptors (Lipinski definition) is 6. The molecule has 2 N–H and O–H groups in total. The molecule has 1 aliphatic rings. The van der Waals surface area contributed by atoms with Gasteiger partial charge < -0.3 is 19.8 Å². The van der Waals surface area contributed by atoms with Gasteiger partial charge in [-0.2, -0.15) is 5.10 Å². The van der Waals surface area contributed by atoms with Gasteiger partial charge in [-0.05, 0) is 34.6 Å². The molecule has 7 nitrogen and oxygen atoms in total. The van der Waals surface area contributed by atoms with Crippen molar-refractivity contribution in [3.05, 3.63) is 11.8 Å². The van der Waals surface area contributed by atoms with Crippen LogP contribution in [0.25, 0.3) is 0 Å². The van der Waals surface area contributed by atoms with Crippen LogP contribution in [0, 0.1) is 6.92 Å². The van der Waals surface area contributed by atoms with E-state index in [2.05, 4.69) is 10.2 Å². The molecule has 0 aliphatic carbocycles. The molecule has 1 fully saturated rings. The highest BCUT2D eigenvalue weighted by molar-refractivity contribution is 6.62. The van der Waals surface area contributed by atoms with Gasteiger partial charge in [0, 0.05) is 17.2 Å². The van der Waals surface area contributed by atoms with Crippen molar-refractivity contribution in [2.45, 2.75) is 45.8 Å². The van der Waals surface area contributed by atoms with Crippen molar-refractivity contribution >= 4 is 18.7 Å². The molecule has 1 saturated heterocycles. The number of nitrogens with two attached hydrogens (primary N) is 1. The molecule has 0 unspecified atom stereocenters. The number of amides is 1. The molecule has 2 heterocycles. The van der Waals surface area contributed by atoms with E-state index < -0.39 is 24.4 Å². The van der Waals surface area contributed by atoms with Crippen LogP contribution in [-0.2, 0) is 9.31 Å². The van der Waals surface area contributed by atoms with Crippen LogP contribution in [0.3, 0.4) is 0 Å². The lowest BCUT2D eigenvalue weighted by atomic mass is 9.78. The Morgan fingerprint density at radius 3 is 2.35 bits per heavy atom. The average molecular weight is 279 g/mol. The van der Waals surface area contributed by atoms with E-state index in [9.17, 15) is 4.79 Å². The summed E-state index contributed by atoms with van der Waals surface area (Å²) in [4.78, 5) is 10.8. The highest BCUT2D eigenvalue weighted by Crippen LogP contribution is 2.36. The largest absolute Gasteiger partial charge is 0.496 e. The highest BCUT2D eigenvalue weighted by atomic mass is 16.7. The predicted molar refractivity (Wildman–Crippen MR) is 72.7 cm³/mol. The number of hydrogen-bond donors (Lipinski definition) is 1. The Bertz CT molecular complexity index is 532. The highest BCUT2D eigenvalue weighted by Gasteiger charge is 2.52. The van der Waals surface area contributed by atoms with Gasteiger partial charge in [0.2, 0.25) is 5.88 Å². The lowest BCUT2D eigenvalue weighted by Gasteiger charge is -2.32. The molecule has 0 atom stereocenters. The van der Waals surface area contributed by atoms with Gasteiger partial charge in [0.1, 0.15) is 0 Å². The number of carbonyl (C=O) groups excluding carboxylic acids is 1. The maximum absolute atomic E-state index is 10.8. The topological polar surface area (TPSA) is 96.6 Å². The fourth-order valence-electron chi connectivity index (χ4n) is 1.84. The fourth-order valence-corrected chi connectivity index (χ4v) is 1.84. The van der Waals surface area contributed by atoms with Crippen LogP contribution in [0.2, 0.25) is 0 Å². The molecule has 2 rings (SSSR count). The van der Waals surface area contributed by atoms with Crippen LogP contribution in [0.4, 0.5) is 4.79 Å². The lowest BCUT2D eigenvalue weighted by molar-refractivity contribution is 0.00578. The Labute approximate surface area is 117 Å². The maximum atomic E-state index is 10.8. The summed E-state index contributed by atoms with van der Waals surface area (Å²) in [6.45, 7) is 9.57. The zero-order valence-corrected chi connectivity index (χ0v) is 12.3. The van der Waals surface area contributed by atoms with Gasteiger partial charge in [-0.15, -0.1) is 5.10 Å². The third-order valence-electron chi connectivity index (χ3n) is 3.80. The molecule has 0 saturated carbocycles. The van der Waals surface area contributed by atoms with Crippen LogP contribution in [0.5, 0.6) is 5.88 Å². The molecule has 20 heavy (non-hydrogen) atoms. The van der Waals surface area contributed by atoms with Crippen molar-refractivity contribution in [1.82, 2.24) is 10.2 Å². The number of aromatic nitrogens is 2. The van der Waals surface area contributed by atoms with Crippen molar-refractivity contribution in [3.8, 4) is 5.88 Å². The Hall–Kier alpha value is -1.67. The fraction of sp³-hybridized carbons (Fsp3) is 0.583. The standard InChI is InChI=1S/C12H18BN3O4/c1-7-8(6-15-16-9(7)18-10(14)17)13-19-11(2,3)12(4,5)20-13/h6H,1-5H3,(H2,14,17). The van der Waals surface area contributed by atoms with Gasteiger partial charge in [-0.3, -0.25) is 0 Å². The van der Waals surface area contributed by atoms with Crippen molar-refractivity contribution in [3.63, 3.8) is 0 Å². The number of carbonyl (C=O) groups is 1. The van der Waals surface area contributed by atoms with Crippen molar-refractivity contribution in [1.29, 1.82) is 0 Å². The van der Waals surface area contributed by atoms with E-state index in [-0.39, 0.29) is 5.88 Å². The Balaban J connectivity index is 2.34. The smallest absolute Gasteiger partial charge is 0.399 e. The maximum Gasteiger partial charge on any atom is 0.496 e. The molecule has 108 valence electrons. The van der Waals surface area contributed by atoms with E-state index in [0.717, 1.165) is 0 Å². The third-order valence-corrected chi connectivity index (χ3v) is 3.80. The molecule has 1 aromatic rings. The first-order valence-corrected chi connectivity index (χ1v) is 6.29.